The highest BCUT2D eigenvalue weighted by molar-refractivity contribution is 5.85. The van der Waals surface area contributed by atoms with Gasteiger partial charge in [-0.25, -0.2) is 4.39 Å². The zero-order valence-electron chi connectivity index (χ0n) is 9.44. The molecule has 1 aliphatic carbocycles. The smallest absolute Gasteiger partial charge is 0.226 e. The van der Waals surface area contributed by atoms with Gasteiger partial charge in [0, 0.05) is 6.54 Å². The third-order valence-electron chi connectivity index (χ3n) is 3.56. The van der Waals surface area contributed by atoms with Crippen LogP contribution in [0, 0.1) is 12.3 Å². The molecule has 0 aromatic carbocycles. The first-order valence-corrected chi connectivity index (χ1v) is 6.11. The molecule has 1 N–H and O–H groups in total. The molecule has 0 aromatic heterocycles. The molecule has 1 radical (unpaired) electrons. The van der Waals surface area contributed by atoms with Gasteiger partial charge in [0.05, 0.1) is 19.1 Å². The molecule has 3 nitrogen and oxygen atoms in total. The average Bonchev–Trinajstić information content (AvgIpc) is 2.68. The molecule has 4 heteroatoms. The van der Waals surface area contributed by atoms with Crippen LogP contribution in [-0.2, 0) is 4.79 Å². The first-order valence-electron chi connectivity index (χ1n) is 6.11. The van der Waals surface area contributed by atoms with Crippen molar-refractivity contribution >= 4 is 5.91 Å². The van der Waals surface area contributed by atoms with E-state index in [1.165, 1.54) is 0 Å². The van der Waals surface area contributed by atoms with E-state index in [2.05, 4.69) is 0 Å². The summed E-state index contributed by atoms with van der Waals surface area (Å²) in [7, 11) is 0. The van der Waals surface area contributed by atoms with Crippen LogP contribution in [-0.4, -0.2) is 41.3 Å². The van der Waals surface area contributed by atoms with E-state index in [9.17, 15) is 14.3 Å². The molecular weight excluding hydrogens is 209 g/mol. The standard InChI is InChI=1S/C12H19FNO2/c13-10-5-6-14(8-10)12(16)7-9-1-3-11(15)4-2-9/h7,9-11,15H,1-6,8H2/t9?,10-,11?/m0/s1. The topological polar surface area (TPSA) is 40.5 Å². The van der Waals surface area contributed by atoms with E-state index in [-0.39, 0.29) is 24.5 Å². The molecule has 91 valence electrons. The maximum absolute atomic E-state index is 12.9. The summed E-state index contributed by atoms with van der Waals surface area (Å²) in [6.07, 6.45) is 4.47. The Morgan fingerprint density at radius 2 is 1.94 bits per heavy atom. The number of hydrogen-bond acceptors (Lipinski definition) is 2. The number of aliphatic hydroxyl groups excluding tert-OH is 1. The summed E-state index contributed by atoms with van der Waals surface area (Å²) in [4.78, 5) is 13.4. The van der Waals surface area contributed by atoms with Crippen molar-refractivity contribution in [2.24, 2.45) is 5.92 Å². The highest BCUT2D eigenvalue weighted by atomic mass is 19.1. The number of halogens is 1. The Balaban J connectivity index is 1.75. The average molecular weight is 228 g/mol. The zero-order chi connectivity index (χ0) is 11.5. The van der Waals surface area contributed by atoms with Crippen LogP contribution in [0.1, 0.15) is 32.1 Å². The second-order valence-corrected chi connectivity index (χ2v) is 4.91. The molecule has 0 unspecified atom stereocenters. The van der Waals surface area contributed by atoms with Gasteiger partial charge in [-0.05, 0) is 38.0 Å². The Kier molecular flexibility index (Phi) is 3.79. The number of rotatable bonds is 2. The van der Waals surface area contributed by atoms with Crippen LogP contribution in [0.5, 0.6) is 0 Å². The van der Waals surface area contributed by atoms with Crippen LogP contribution >= 0.6 is 0 Å². The first-order chi connectivity index (χ1) is 7.65. The number of aliphatic hydroxyl groups is 1. The fourth-order valence-electron chi connectivity index (χ4n) is 2.49. The number of likely N-dealkylation sites (tertiary alicyclic amines) is 1. The number of nitrogens with zero attached hydrogens (tertiary/aromatic N) is 1. The van der Waals surface area contributed by atoms with E-state index in [4.69, 9.17) is 0 Å². The number of carbonyl (C=O) groups excluding carboxylic acids is 1. The Morgan fingerprint density at radius 1 is 1.25 bits per heavy atom. The molecule has 1 saturated heterocycles. The van der Waals surface area contributed by atoms with Crippen molar-refractivity contribution in [2.45, 2.75) is 44.4 Å². The molecular formula is C12H19FNO2. The molecule has 2 fully saturated rings. The summed E-state index contributed by atoms with van der Waals surface area (Å²) in [5.74, 6) is 0.246. The molecule has 0 bridgehead atoms. The van der Waals surface area contributed by atoms with Gasteiger partial charge in [-0.1, -0.05) is 0 Å². The minimum Gasteiger partial charge on any atom is -0.393 e. The van der Waals surface area contributed by atoms with Crippen LogP contribution in [0.15, 0.2) is 0 Å². The lowest BCUT2D eigenvalue weighted by Crippen LogP contribution is -2.32. The molecule has 1 amide bonds. The van der Waals surface area contributed by atoms with Crippen molar-refractivity contribution in [3.63, 3.8) is 0 Å². The molecule has 0 spiro atoms. The minimum atomic E-state index is -0.842. The van der Waals surface area contributed by atoms with E-state index in [1.807, 2.05) is 0 Å². The Labute approximate surface area is 95.6 Å². The normalized spacial score (nSPS) is 35.4. The van der Waals surface area contributed by atoms with Gasteiger partial charge < -0.3 is 10.0 Å². The van der Waals surface area contributed by atoms with Gasteiger partial charge in [0.1, 0.15) is 6.17 Å². The lowest BCUT2D eigenvalue weighted by atomic mass is 9.85. The van der Waals surface area contributed by atoms with E-state index in [0.29, 0.717) is 13.0 Å². The van der Waals surface area contributed by atoms with Crippen LogP contribution in [0.4, 0.5) is 4.39 Å². The Bertz CT molecular complexity index is 251. The fraction of sp³-hybridized carbons (Fsp3) is 0.833. The van der Waals surface area contributed by atoms with Gasteiger partial charge in [-0.15, -0.1) is 0 Å². The summed E-state index contributed by atoms with van der Waals surface area (Å²) in [5, 5.41) is 9.35. The molecule has 16 heavy (non-hydrogen) atoms. The van der Waals surface area contributed by atoms with Crippen molar-refractivity contribution in [2.75, 3.05) is 13.1 Å². The predicted molar refractivity (Wildman–Crippen MR) is 58.4 cm³/mol. The van der Waals surface area contributed by atoms with Crippen molar-refractivity contribution in [1.82, 2.24) is 4.90 Å². The molecule has 1 saturated carbocycles. The van der Waals surface area contributed by atoms with Gasteiger partial charge in [0.15, 0.2) is 0 Å². The summed E-state index contributed by atoms with van der Waals surface area (Å²) in [5.41, 5.74) is 0. The van der Waals surface area contributed by atoms with Crippen molar-refractivity contribution < 1.29 is 14.3 Å². The van der Waals surface area contributed by atoms with E-state index >= 15 is 0 Å². The Hall–Kier alpha value is -0.640. The van der Waals surface area contributed by atoms with Crippen molar-refractivity contribution in [3.05, 3.63) is 6.42 Å². The molecule has 1 atom stereocenters. The fourth-order valence-corrected chi connectivity index (χ4v) is 2.49. The molecule has 2 rings (SSSR count). The van der Waals surface area contributed by atoms with Gasteiger partial charge in [-0.2, -0.15) is 0 Å². The molecule has 2 aliphatic rings. The number of hydrogen-bond donors (Lipinski definition) is 1. The van der Waals surface area contributed by atoms with Gasteiger partial charge in [-0.3, -0.25) is 4.79 Å². The summed E-state index contributed by atoms with van der Waals surface area (Å²) >= 11 is 0. The van der Waals surface area contributed by atoms with Gasteiger partial charge in [0.25, 0.3) is 0 Å². The Morgan fingerprint density at radius 3 is 2.50 bits per heavy atom. The lowest BCUT2D eigenvalue weighted by molar-refractivity contribution is -0.127. The number of carbonyl (C=O) groups is 1. The van der Waals surface area contributed by atoms with E-state index in [1.54, 1.807) is 11.3 Å². The third-order valence-corrected chi connectivity index (χ3v) is 3.56. The van der Waals surface area contributed by atoms with Gasteiger partial charge >= 0.3 is 0 Å². The van der Waals surface area contributed by atoms with E-state index in [0.717, 1.165) is 25.7 Å². The highest BCUT2D eigenvalue weighted by Gasteiger charge is 2.29. The molecule has 1 aliphatic heterocycles. The second-order valence-electron chi connectivity index (χ2n) is 4.91. The molecule has 1 heterocycles. The number of amides is 1. The minimum absolute atomic E-state index is 0.0264. The predicted octanol–water partition coefficient (Wildman–Crippen LogP) is 1.31. The van der Waals surface area contributed by atoms with Gasteiger partial charge in [0.2, 0.25) is 5.91 Å². The quantitative estimate of drug-likeness (QED) is 0.774. The monoisotopic (exact) mass is 228 g/mol. The van der Waals surface area contributed by atoms with Crippen molar-refractivity contribution in [3.8, 4) is 0 Å². The largest absolute Gasteiger partial charge is 0.393 e. The van der Waals surface area contributed by atoms with Crippen LogP contribution in [0.25, 0.3) is 0 Å². The maximum atomic E-state index is 12.9. The summed E-state index contributed by atoms with van der Waals surface area (Å²) in [6.45, 7) is 0.802. The van der Waals surface area contributed by atoms with Crippen LogP contribution < -0.4 is 0 Å². The second kappa shape index (κ2) is 5.13. The lowest BCUT2D eigenvalue weighted by Gasteiger charge is -2.26. The van der Waals surface area contributed by atoms with E-state index < -0.39 is 6.17 Å². The van der Waals surface area contributed by atoms with Crippen LogP contribution in [0.2, 0.25) is 0 Å². The SMILES string of the molecule is O=C([CH]C1CCC(O)CC1)N1CC[C@H](F)C1. The third kappa shape index (κ3) is 2.94. The van der Waals surface area contributed by atoms with Crippen LogP contribution in [0.3, 0.4) is 0 Å². The maximum Gasteiger partial charge on any atom is 0.226 e. The first kappa shape index (κ1) is 11.8. The zero-order valence-corrected chi connectivity index (χ0v) is 9.44. The molecule has 0 aromatic rings. The highest BCUT2D eigenvalue weighted by Crippen LogP contribution is 2.27. The number of alkyl halides is 1. The summed E-state index contributed by atoms with van der Waals surface area (Å²) in [6, 6.07) is 0. The van der Waals surface area contributed by atoms with Crippen molar-refractivity contribution in [1.29, 1.82) is 0 Å². The summed E-state index contributed by atoms with van der Waals surface area (Å²) < 4.78 is 12.9.